The van der Waals surface area contributed by atoms with Crippen LogP contribution in [0.15, 0.2) is 47.4 Å². The van der Waals surface area contributed by atoms with E-state index in [1.165, 1.54) is 16.4 Å². The number of rotatable bonds is 4. The first-order valence-electron chi connectivity index (χ1n) is 8.48. The SMILES string of the molecule is Cc1ccc(S(=O)(=O)N2CCN(c3c(Cl)cccc3[N+](=O)[O-])CC2C)cc1. The number of hydrogen-bond acceptors (Lipinski definition) is 5. The van der Waals surface area contributed by atoms with Crippen molar-refractivity contribution in [2.75, 3.05) is 24.5 Å². The molecule has 0 saturated carbocycles. The molecule has 3 rings (SSSR count). The first kappa shape index (κ1) is 19.6. The van der Waals surface area contributed by atoms with E-state index in [4.69, 9.17) is 11.6 Å². The molecule has 1 heterocycles. The maximum absolute atomic E-state index is 13.0. The molecule has 1 aliphatic rings. The van der Waals surface area contributed by atoms with Crippen LogP contribution in [0.5, 0.6) is 0 Å². The summed E-state index contributed by atoms with van der Waals surface area (Å²) in [5.74, 6) is 0. The second kappa shape index (κ2) is 7.46. The van der Waals surface area contributed by atoms with Crippen LogP contribution >= 0.6 is 11.6 Å². The standard InChI is InChI=1S/C18H20ClN3O4S/c1-13-6-8-15(9-7-13)27(25,26)21-11-10-20(12-14(21)2)18-16(19)4-3-5-17(18)22(23)24/h3-9,14H,10-12H2,1-2H3. The molecule has 0 spiro atoms. The summed E-state index contributed by atoms with van der Waals surface area (Å²) in [6.07, 6.45) is 0. The summed E-state index contributed by atoms with van der Waals surface area (Å²) in [6, 6.07) is 10.9. The van der Waals surface area contributed by atoms with Gasteiger partial charge in [0.25, 0.3) is 5.69 Å². The van der Waals surface area contributed by atoms with Crippen molar-refractivity contribution >= 4 is 33.0 Å². The number of aryl methyl sites for hydroxylation is 1. The number of sulfonamides is 1. The van der Waals surface area contributed by atoms with Crippen molar-refractivity contribution in [3.05, 3.63) is 63.2 Å². The van der Waals surface area contributed by atoms with E-state index in [1.54, 1.807) is 42.2 Å². The Morgan fingerprint density at radius 1 is 1.15 bits per heavy atom. The molecule has 0 radical (unpaired) electrons. The van der Waals surface area contributed by atoms with Gasteiger partial charge in [-0.2, -0.15) is 4.31 Å². The minimum atomic E-state index is -3.63. The Balaban J connectivity index is 1.87. The predicted molar refractivity (Wildman–Crippen MR) is 105 cm³/mol. The van der Waals surface area contributed by atoms with Crippen LogP contribution < -0.4 is 4.90 Å². The van der Waals surface area contributed by atoms with Crippen LogP contribution in [0.3, 0.4) is 0 Å². The summed E-state index contributed by atoms with van der Waals surface area (Å²) in [7, 11) is -3.63. The Bertz CT molecular complexity index is 963. The summed E-state index contributed by atoms with van der Waals surface area (Å²) in [5.41, 5.74) is 1.24. The third-order valence-corrected chi connectivity index (χ3v) is 7.01. The van der Waals surface area contributed by atoms with Crippen LogP contribution in [0.4, 0.5) is 11.4 Å². The molecule has 7 nitrogen and oxygen atoms in total. The normalized spacial score (nSPS) is 18.5. The van der Waals surface area contributed by atoms with E-state index in [9.17, 15) is 18.5 Å². The molecule has 1 aliphatic heterocycles. The molecule has 1 fully saturated rings. The second-order valence-corrected chi connectivity index (χ2v) is 8.89. The van der Waals surface area contributed by atoms with E-state index in [0.29, 0.717) is 18.8 Å². The van der Waals surface area contributed by atoms with Crippen molar-refractivity contribution in [2.45, 2.75) is 24.8 Å². The second-order valence-electron chi connectivity index (χ2n) is 6.59. The maximum Gasteiger partial charge on any atom is 0.294 e. The summed E-state index contributed by atoms with van der Waals surface area (Å²) >= 11 is 6.21. The lowest BCUT2D eigenvalue weighted by molar-refractivity contribution is -0.384. The fraction of sp³-hybridized carbons (Fsp3) is 0.333. The average molecular weight is 410 g/mol. The van der Waals surface area contributed by atoms with Crippen LogP contribution in [0.25, 0.3) is 0 Å². The molecule has 2 aromatic carbocycles. The molecule has 9 heteroatoms. The maximum atomic E-state index is 13.0. The third kappa shape index (κ3) is 3.78. The van der Waals surface area contributed by atoms with Crippen molar-refractivity contribution < 1.29 is 13.3 Å². The van der Waals surface area contributed by atoms with E-state index in [0.717, 1.165) is 5.56 Å². The molecular weight excluding hydrogens is 390 g/mol. The van der Waals surface area contributed by atoms with Crippen LogP contribution in [-0.2, 0) is 10.0 Å². The number of nitro benzene ring substituents is 1. The number of nitrogens with zero attached hydrogens (tertiary/aromatic N) is 3. The van der Waals surface area contributed by atoms with Crippen LogP contribution in [-0.4, -0.2) is 43.3 Å². The molecular formula is C18H20ClN3O4S. The van der Waals surface area contributed by atoms with Gasteiger partial charge < -0.3 is 4.90 Å². The Labute approximate surface area is 163 Å². The highest BCUT2D eigenvalue weighted by molar-refractivity contribution is 7.89. The molecule has 0 amide bonds. The summed E-state index contributed by atoms with van der Waals surface area (Å²) < 4.78 is 27.4. The van der Waals surface area contributed by atoms with Crippen molar-refractivity contribution in [3.8, 4) is 0 Å². The Kier molecular flexibility index (Phi) is 5.41. The van der Waals surface area contributed by atoms with Crippen LogP contribution in [0.1, 0.15) is 12.5 Å². The average Bonchev–Trinajstić information content (AvgIpc) is 2.61. The van der Waals surface area contributed by atoms with Gasteiger partial charge in [0.1, 0.15) is 5.69 Å². The quantitative estimate of drug-likeness (QED) is 0.570. The molecule has 1 saturated heterocycles. The van der Waals surface area contributed by atoms with Gasteiger partial charge in [-0.1, -0.05) is 35.4 Å². The minimum absolute atomic E-state index is 0.0791. The van der Waals surface area contributed by atoms with Gasteiger partial charge in [-0.15, -0.1) is 0 Å². The largest absolute Gasteiger partial charge is 0.362 e. The molecule has 1 atom stereocenters. The van der Waals surface area contributed by atoms with Gasteiger partial charge in [-0.05, 0) is 32.0 Å². The van der Waals surface area contributed by atoms with E-state index < -0.39 is 14.9 Å². The number of halogens is 1. The highest BCUT2D eigenvalue weighted by Gasteiger charge is 2.36. The van der Waals surface area contributed by atoms with Crippen LogP contribution in [0, 0.1) is 17.0 Å². The number of piperazine rings is 1. The highest BCUT2D eigenvalue weighted by Crippen LogP contribution is 2.37. The van der Waals surface area contributed by atoms with E-state index in [1.807, 2.05) is 6.92 Å². The Morgan fingerprint density at radius 2 is 1.81 bits per heavy atom. The fourth-order valence-corrected chi connectivity index (χ4v) is 5.21. The monoisotopic (exact) mass is 409 g/mol. The Hall–Kier alpha value is -2.16. The van der Waals surface area contributed by atoms with E-state index in [2.05, 4.69) is 0 Å². The Morgan fingerprint density at radius 3 is 2.41 bits per heavy atom. The molecule has 0 aromatic heterocycles. The van der Waals surface area contributed by atoms with Gasteiger partial charge in [0.2, 0.25) is 10.0 Å². The molecule has 27 heavy (non-hydrogen) atoms. The van der Waals surface area contributed by atoms with Crippen LogP contribution in [0.2, 0.25) is 5.02 Å². The smallest absolute Gasteiger partial charge is 0.294 e. The number of para-hydroxylation sites is 1. The van der Waals surface area contributed by atoms with Gasteiger partial charge in [-0.3, -0.25) is 10.1 Å². The van der Waals surface area contributed by atoms with Gasteiger partial charge in [0, 0.05) is 31.7 Å². The molecule has 0 N–H and O–H groups in total. The fourth-order valence-electron chi connectivity index (χ4n) is 3.31. The predicted octanol–water partition coefficient (Wildman–Crippen LogP) is 3.46. The van der Waals surface area contributed by atoms with E-state index >= 15 is 0 Å². The van der Waals surface area contributed by atoms with Crippen molar-refractivity contribution in [1.82, 2.24) is 4.31 Å². The van der Waals surface area contributed by atoms with Crippen molar-refractivity contribution in [2.24, 2.45) is 0 Å². The summed E-state index contributed by atoms with van der Waals surface area (Å²) in [5, 5.41) is 11.6. The lowest BCUT2D eigenvalue weighted by atomic mass is 10.2. The van der Waals surface area contributed by atoms with Gasteiger partial charge in [0.05, 0.1) is 14.8 Å². The molecule has 0 aliphatic carbocycles. The zero-order valence-corrected chi connectivity index (χ0v) is 16.6. The lowest BCUT2D eigenvalue weighted by Gasteiger charge is -2.40. The van der Waals surface area contributed by atoms with Crippen molar-refractivity contribution in [3.63, 3.8) is 0 Å². The number of benzene rings is 2. The minimum Gasteiger partial charge on any atom is -0.362 e. The third-order valence-electron chi connectivity index (χ3n) is 4.67. The molecule has 1 unspecified atom stereocenters. The van der Waals surface area contributed by atoms with Gasteiger partial charge in [-0.25, -0.2) is 8.42 Å². The van der Waals surface area contributed by atoms with Gasteiger partial charge >= 0.3 is 0 Å². The van der Waals surface area contributed by atoms with E-state index in [-0.39, 0.29) is 28.2 Å². The number of nitro groups is 1. The summed E-state index contributed by atoms with van der Waals surface area (Å²) in [6.45, 7) is 4.55. The first-order chi connectivity index (χ1) is 12.7. The number of hydrogen-bond donors (Lipinski definition) is 0. The highest BCUT2D eigenvalue weighted by atomic mass is 35.5. The molecule has 0 bridgehead atoms. The zero-order valence-electron chi connectivity index (χ0n) is 15.0. The van der Waals surface area contributed by atoms with Crippen molar-refractivity contribution in [1.29, 1.82) is 0 Å². The zero-order chi connectivity index (χ0) is 19.8. The topological polar surface area (TPSA) is 83.8 Å². The first-order valence-corrected chi connectivity index (χ1v) is 10.3. The lowest BCUT2D eigenvalue weighted by Crippen LogP contribution is -2.54. The summed E-state index contributed by atoms with van der Waals surface area (Å²) in [4.78, 5) is 12.9. The van der Waals surface area contributed by atoms with Gasteiger partial charge in [0.15, 0.2) is 0 Å². The number of anilines is 1. The molecule has 2 aromatic rings. The molecule has 144 valence electrons.